The predicted molar refractivity (Wildman–Crippen MR) is 118 cm³/mol. The van der Waals surface area contributed by atoms with E-state index in [1.54, 1.807) is 0 Å². The maximum absolute atomic E-state index is 15.0. The molecule has 0 aliphatic rings. The van der Waals surface area contributed by atoms with Crippen molar-refractivity contribution in [2.75, 3.05) is 25.2 Å². The van der Waals surface area contributed by atoms with E-state index >= 15 is 4.39 Å². The van der Waals surface area contributed by atoms with Crippen LogP contribution in [0.5, 0.6) is 0 Å². The van der Waals surface area contributed by atoms with Crippen LogP contribution in [0.25, 0.3) is 5.76 Å². The lowest BCUT2D eigenvalue weighted by Gasteiger charge is -2.15. The molecule has 0 aliphatic carbocycles. The Kier molecular flexibility index (Phi) is 12.1. The number of allylic oxidation sites excluding steroid dienone is 1. The van der Waals surface area contributed by atoms with Gasteiger partial charge < -0.3 is 10.4 Å². The van der Waals surface area contributed by atoms with Gasteiger partial charge in [-0.3, -0.25) is 9.79 Å². The van der Waals surface area contributed by atoms with Gasteiger partial charge in [0.2, 0.25) is 0 Å². The summed E-state index contributed by atoms with van der Waals surface area (Å²) in [5.74, 6) is -2.00. The number of nitrogens with one attached hydrogen (secondary N) is 1. The molecule has 2 N–H and O–H groups in total. The molecule has 0 bridgehead atoms. The van der Waals surface area contributed by atoms with E-state index in [4.69, 9.17) is 0 Å². The molecule has 164 valence electrons. The van der Waals surface area contributed by atoms with Crippen molar-refractivity contribution in [2.45, 2.75) is 58.3 Å². The Morgan fingerprint density at radius 1 is 1.24 bits per heavy atom. The van der Waals surface area contributed by atoms with Crippen LogP contribution < -0.4 is 5.32 Å². The van der Waals surface area contributed by atoms with Crippen LogP contribution in [0.15, 0.2) is 27.6 Å². The molecular formula is C21H33FN2O4S. The van der Waals surface area contributed by atoms with Gasteiger partial charge in [-0.25, -0.2) is 12.8 Å². The summed E-state index contributed by atoms with van der Waals surface area (Å²) >= 11 is 0. The number of carbonyl (C=O) groups is 1. The number of hydrogen-bond donors (Lipinski definition) is 2. The molecule has 0 saturated carbocycles. The Labute approximate surface area is 173 Å². The molecule has 0 aromatic heterocycles. The minimum absolute atomic E-state index is 0.157. The second-order valence-corrected chi connectivity index (χ2v) is 8.60. The van der Waals surface area contributed by atoms with Crippen molar-refractivity contribution in [2.24, 2.45) is 4.99 Å². The predicted octanol–water partition coefficient (Wildman–Crippen LogP) is 4.81. The first-order chi connectivity index (χ1) is 13.6. The van der Waals surface area contributed by atoms with Crippen molar-refractivity contribution in [1.29, 1.82) is 0 Å². The van der Waals surface area contributed by atoms with E-state index in [0.29, 0.717) is 6.54 Å². The van der Waals surface area contributed by atoms with Gasteiger partial charge in [-0.2, -0.15) is 0 Å². The molecule has 0 heterocycles. The minimum atomic E-state index is -3.68. The average Bonchev–Trinajstić information content (AvgIpc) is 2.63. The molecule has 0 fully saturated rings. The standard InChI is InChI=1S/C18H25FN2O4S.C3H8/c1-5-6-7-10-21-17-15(26(4,24)25)9-8-13(16(17)19)18(23)14(11-20-3)12(2)22;1-3-2/h8-9,11,21,23H,5-7,10H2,1-4H3;3H2,1-2H3/b18-14+,20-11?;. The fourth-order valence-corrected chi connectivity index (χ4v) is 3.24. The highest BCUT2D eigenvalue weighted by Gasteiger charge is 2.23. The van der Waals surface area contributed by atoms with Gasteiger partial charge in [-0.05, 0) is 25.5 Å². The number of aliphatic hydroxyl groups excluding tert-OH is 1. The smallest absolute Gasteiger partial charge is 0.177 e. The highest BCUT2D eigenvalue weighted by Crippen LogP contribution is 2.31. The number of Topliss-reactive ketones (excluding diaryl/α,β-unsaturated/α-hetero) is 1. The zero-order chi connectivity index (χ0) is 22.6. The van der Waals surface area contributed by atoms with Gasteiger partial charge in [-0.1, -0.05) is 40.0 Å². The van der Waals surface area contributed by atoms with Gasteiger partial charge in [0.1, 0.15) is 5.76 Å². The molecule has 29 heavy (non-hydrogen) atoms. The highest BCUT2D eigenvalue weighted by molar-refractivity contribution is 7.90. The molecule has 0 amide bonds. The summed E-state index contributed by atoms with van der Waals surface area (Å²) in [4.78, 5) is 15.2. The minimum Gasteiger partial charge on any atom is -0.506 e. The number of unbranched alkanes of at least 4 members (excludes halogenated alkanes) is 2. The number of aliphatic imine (C=N–C) groups is 1. The highest BCUT2D eigenvalue weighted by atomic mass is 32.2. The zero-order valence-electron chi connectivity index (χ0n) is 18.2. The first kappa shape index (κ1) is 26.8. The number of nitrogens with zero attached hydrogens (tertiary/aromatic N) is 1. The van der Waals surface area contributed by atoms with Crippen LogP contribution in [0.1, 0.15) is 58.9 Å². The Balaban J connectivity index is 0.00000245. The van der Waals surface area contributed by atoms with Crippen LogP contribution >= 0.6 is 0 Å². The lowest BCUT2D eigenvalue weighted by Crippen LogP contribution is -2.12. The maximum atomic E-state index is 15.0. The summed E-state index contributed by atoms with van der Waals surface area (Å²) in [5, 5.41) is 13.2. The fraction of sp³-hybridized carbons (Fsp3) is 0.524. The van der Waals surface area contributed by atoms with Gasteiger partial charge in [0.15, 0.2) is 21.4 Å². The van der Waals surface area contributed by atoms with Crippen LogP contribution in [-0.2, 0) is 14.6 Å². The first-order valence-corrected chi connectivity index (χ1v) is 11.6. The van der Waals surface area contributed by atoms with Crippen LogP contribution in [0.3, 0.4) is 0 Å². The van der Waals surface area contributed by atoms with Gasteiger partial charge in [0.25, 0.3) is 0 Å². The SMILES string of the molecule is CCC.CCCCCNc1c(S(C)(=O)=O)ccc(/C(O)=C(/C=NC)C(C)=O)c1F. The van der Waals surface area contributed by atoms with E-state index in [2.05, 4.69) is 24.2 Å². The third-order valence-electron chi connectivity index (χ3n) is 3.73. The van der Waals surface area contributed by atoms with Gasteiger partial charge in [0.05, 0.1) is 21.7 Å². The Hall–Kier alpha value is -2.22. The molecule has 1 rings (SSSR count). The summed E-state index contributed by atoms with van der Waals surface area (Å²) in [6.07, 6.45) is 5.99. The van der Waals surface area contributed by atoms with Crippen molar-refractivity contribution in [3.63, 3.8) is 0 Å². The number of rotatable bonds is 9. The Morgan fingerprint density at radius 3 is 2.28 bits per heavy atom. The van der Waals surface area contributed by atoms with E-state index in [0.717, 1.165) is 37.8 Å². The molecule has 8 heteroatoms. The van der Waals surface area contributed by atoms with Gasteiger partial charge in [0, 0.05) is 26.1 Å². The summed E-state index contributed by atoms with van der Waals surface area (Å²) < 4.78 is 38.9. The molecule has 0 aliphatic heterocycles. The second-order valence-electron chi connectivity index (χ2n) is 6.62. The number of sulfone groups is 1. The molecule has 0 radical (unpaired) electrons. The second kappa shape index (κ2) is 13.1. The fourth-order valence-electron chi connectivity index (χ4n) is 2.40. The number of hydrogen-bond acceptors (Lipinski definition) is 6. The Bertz CT molecular complexity index is 846. The lowest BCUT2D eigenvalue weighted by molar-refractivity contribution is -0.113. The van der Waals surface area contributed by atoms with Crippen LogP contribution in [0, 0.1) is 5.82 Å². The largest absolute Gasteiger partial charge is 0.506 e. The first-order valence-electron chi connectivity index (χ1n) is 9.69. The average molecular weight is 429 g/mol. The molecule has 0 atom stereocenters. The van der Waals surface area contributed by atoms with Crippen LogP contribution in [0.4, 0.5) is 10.1 Å². The van der Waals surface area contributed by atoms with Gasteiger partial charge >= 0.3 is 0 Å². The number of anilines is 1. The van der Waals surface area contributed by atoms with E-state index < -0.39 is 27.2 Å². The van der Waals surface area contributed by atoms with Crippen molar-refractivity contribution in [1.82, 2.24) is 0 Å². The van der Waals surface area contributed by atoms with Crippen LogP contribution in [0.2, 0.25) is 0 Å². The van der Waals surface area contributed by atoms with E-state index in [-0.39, 0.29) is 21.7 Å². The normalized spacial score (nSPS) is 12.2. The van der Waals surface area contributed by atoms with Crippen molar-refractivity contribution < 1.29 is 22.7 Å². The van der Waals surface area contributed by atoms with E-state index in [1.807, 2.05) is 6.92 Å². The molecule has 6 nitrogen and oxygen atoms in total. The van der Waals surface area contributed by atoms with E-state index in [9.17, 15) is 18.3 Å². The molecule has 0 spiro atoms. The van der Waals surface area contributed by atoms with E-state index in [1.165, 1.54) is 26.5 Å². The maximum Gasteiger partial charge on any atom is 0.177 e. The van der Waals surface area contributed by atoms with Crippen LogP contribution in [-0.4, -0.2) is 45.4 Å². The number of benzene rings is 1. The molecule has 0 saturated heterocycles. The van der Waals surface area contributed by atoms with Gasteiger partial charge in [-0.15, -0.1) is 0 Å². The zero-order valence-corrected chi connectivity index (χ0v) is 19.0. The number of ketones is 1. The summed E-state index contributed by atoms with van der Waals surface area (Å²) in [7, 11) is -2.26. The third kappa shape index (κ3) is 8.35. The molecule has 1 aromatic carbocycles. The topological polar surface area (TPSA) is 95.8 Å². The third-order valence-corrected chi connectivity index (χ3v) is 4.87. The quantitative estimate of drug-likeness (QED) is 0.255. The Morgan fingerprint density at radius 2 is 1.83 bits per heavy atom. The molecular weight excluding hydrogens is 395 g/mol. The molecule has 1 aromatic rings. The summed E-state index contributed by atoms with van der Waals surface area (Å²) in [6.45, 7) is 7.88. The van der Waals surface area contributed by atoms with Crippen molar-refractivity contribution >= 4 is 33.3 Å². The number of halogens is 1. The lowest BCUT2D eigenvalue weighted by atomic mass is 10.0. The van der Waals surface area contributed by atoms with Crippen molar-refractivity contribution in [3.05, 3.63) is 29.1 Å². The summed E-state index contributed by atoms with van der Waals surface area (Å²) in [5.41, 5.74) is -0.625. The summed E-state index contributed by atoms with van der Waals surface area (Å²) in [6, 6.07) is 2.36. The molecule has 0 unspecified atom stereocenters. The monoisotopic (exact) mass is 428 g/mol. The van der Waals surface area contributed by atoms with Crippen molar-refractivity contribution in [3.8, 4) is 0 Å². The number of carbonyl (C=O) groups excluding carboxylic acids is 1. The number of aliphatic hydroxyl groups is 1.